The highest BCUT2D eigenvalue weighted by Crippen LogP contribution is 2.29. The largest absolute Gasteiger partial charge is 0.349 e. The summed E-state index contributed by atoms with van der Waals surface area (Å²) in [5, 5.41) is 2.99. The van der Waals surface area contributed by atoms with Crippen LogP contribution in [0.4, 0.5) is 0 Å². The second-order valence-electron chi connectivity index (χ2n) is 5.13. The van der Waals surface area contributed by atoms with E-state index < -0.39 is 10.0 Å². The number of sulfonamides is 1. The Morgan fingerprint density at radius 3 is 2.85 bits per heavy atom. The molecule has 6 heteroatoms. The predicted molar refractivity (Wildman–Crippen MR) is 77.7 cm³/mol. The van der Waals surface area contributed by atoms with Gasteiger partial charge in [0.05, 0.1) is 12.3 Å². The summed E-state index contributed by atoms with van der Waals surface area (Å²) < 4.78 is 24.2. The minimum atomic E-state index is -3.23. The van der Waals surface area contributed by atoms with Gasteiger partial charge in [-0.1, -0.05) is 24.3 Å². The molecular weight excluding hydrogens is 276 g/mol. The van der Waals surface area contributed by atoms with Crippen molar-refractivity contribution in [2.45, 2.75) is 31.7 Å². The van der Waals surface area contributed by atoms with Crippen LogP contribution in [0, 0.1) is 0 Å². The summed E-state index contributed by atoms with van der Waals surface area (Å²) >= 11 is 0. The Bertz CT molecular complexity index is 584. The third-order valence-corrected chi connectivity index (χ3v) is 4.15. The highest BCUT2D eigenvalue weighted by atomic mass is 32.2. The molecule has 0 fully saturated rings. The normalized spacial score (nSPS) is 18.4. The van der Waals surface area contributed by atoms with E-state index in [2.05, 4.69) is 16.1 Å². The van der Waals surface area contributed by atoms with E-state index in [4.69, 9.17) is 0 Å². The molecule has 0 saturated carbocycles. The summed E-state index contributed by atoms with van der Waals surface area (Å²) in [6, 6.07) is 8.19. The van der Waals surface area contributed by atoms with E-state index >= 15 is 0 Å². The first kappa shape index (κ1) is 15.0. The lowest BCUT2D eigenvalue weighted by Gasteiger charge is -2.26. The molecule has 0 aromatic heterocycles. The van der Waals surface area contributed by atoms with Gasteiger partial charge < -0.3 is 5.32 Å². The highest BCUT2D eigenvalue weighted by Gasteiger charge is 2.21. The summed E-state index contributed by atoms with van der Waals surface area (Å²) in [4.78, 5) is 11.9. The number of rotatable bonds is 5. The molecule has 5 nitrogen and oxygen atoms in total. The van der Waals surface area contributed by atoms with Gasteiger partial charge in [0.2, 0.25) is 15.9 Å². The molecule has 1 aliphatic carbocycles. The average Bonchev–Trinajstić information content (AvgIpc) is 2.37. The van der Waals surface area contributed by atoms with Gasteiger partial charge in [0.15, 0.2) is 0 Å². The van der Waals surface area contributed by atoms with Crippen LogP contribution in [0.15, 0.2) is 24.3 Å². The maximum Gasteiger partial charge on any atom is 0.221 e. The minimum Gasteiger partial charge on any atom is -0.349 e. The number of benzene rings is 1. The maximum absolute atomic E-state index is 11.9. The molecule has 20 heavy (non-hydrogen) atoms. The van der Waals surface area contributed by atoms with E-state index in [1.165, 1.54) is 11.1 Å². The van der Waals surface area contributed by atoms with Gasteiger partial charge in [-0.15, -0.1) is 0 Å². The first-order chi connectivity index (χ1) is 9.46. The monoisotopic (exact) mass is 296 g/mol. The van der Waals surface area contributed by atoms with E-state index in [0.29, 0.717) is 0 Å². The molecule has 1 atom stereocenters. The van der Waals surface area contributed by atoms with Gasteiger partial charge in [-0.3, -0.25) is 4.79 Å². The molecule has 0 saturated heterocycles. The second-order valence-corrected chi connectivity index (χ2v) is 6.96. The van der Waals surface area contributed by atoms with Crippen molar-refractivity contribution >= 4 is 15.9 Å². The standard InChI is InChI=1S/C14H20N2O3S/c1-20(18,19)15-10-9-14(17)16-13-8-4-6-11-5-2-3-7-12(11)13/h2-3,5,7,13,15H,4,6,8-10H2,1H3,(H,16,17). The van der Waals surface area contributed by atoms with Gasteiger partial charge in [-0.05, 0) is 30.4 Å². The lowest BCUT2D eigenvalue weighted by atomic mass is 9.88. The fourth-order valence-corrected chi connectivity index (χ4v) is 2.99. The Labute approximate surface area is 119 Å². The number of hydrogen-bond acceptors (Lipinski definition) is 3. The fourth-order valence-electron chi connectivity index (χ4n) is 2.52. The summed E-state index contributed by atoms with van der Waals surface area (Å²) in [7, 11) is -3.23. The number of amides is 1. The Kier molecular flexibility index (Phi) is 4.77. The Morgan fingerprint density at radius 2 is 2.10 bits per heavy atom. The van der Waals surface area contributed by atoms with Crippen LogP contribution in [0.5, 0.6) is 0 Å². The van der Waals surface area contributed by atoms with E-state index in [0.717, 1.165) is 25.5 Å². The molecule has 0 spiro atoms. The number of aryl methyl sites for hydroxylation is 1. The van der Waals surface area contributed by atoms with Crippen LogP contribution in [-0.2, 0) is 21.2 Å². The van der Waals surface area contributed by atoms with E-state index in [9.17, 15) is 13.2 Å². The molecular formula is C14H20N2O3S. The van der Waals surface area contributed by atoms with Crippen LogP contribution < -0.4 is 10.0 Å². The van der Waals surface area contributed by atoms with E-state index in [1.807, 2.05) is 18.2 Å². The van der Waals surface area contributed by atoms with Crippen LogP contribution in [0.25, 0.3) is 0 Å². The van der Waals surface area contributed by atoms with Gasteiger partial charge >= 0.3 is 0 Å². The zero-order valence-corrected chi connectivity index (χ0v) is 12.4. The van der Waals surface area contributed by atoms with Crippen molar-refractivity contribution in [1.82, 2.24) is 10.0 Å². The lowest BCUT2D eigenvalue weighted by molar-refractivity contribution is -0.121. The Morgan fingerprint density at radius 1 is 1.35 bits per heavy atom. The summed E-state index contributed by atoms with van der Waals surface area (Å²) in [6.07, 6.45) is 4.29. The lowest BCUT2D eigenvalue weighted by Crippen LogP contribution is -2.34. The number of carbonyl (C=O) groups is 1. The summed E-state index contributed by atoms with van der Waals surface area (Å²) in [5.41, 5.74) is 2.47. The topological polar surface area (TPSA) is 75.3 Å². The first-order valence-corrected chi connectivity index (χ1v) is 8.66. The van der Waals surface area contributed by atoms with Crippen molar-refractivity contribution in [1.29, 1.82) is 0 Å². The zero-order chi connectivity index (χ0) is 14.6. The number of carbonyl (C=O) groups excluding carboxylic acids is 1. The van der Waals surface area contributed by atoms with E-state index in [1.54, 1.807) is 0 Å². The van der Waals surface area contributed by atoms with Gasteiger partial charge in [0, 0.05) is 13.0 Å². The quantitative estimate of drug-likeness (QED) is 0.855. The molecule has 1 aromatic rings. The molecule has 1 aliphatic rings. The van der Waals surface area contributed by atoms with Crippen LogP contribution in [-0.4, -0.2) is 27.1 Å². The van der Waals surface area contributed by atoms with Crippen molar-refractivity contribution in [3.63, 3.8) is 0 Å². The number of nitrogens with one attached hydrogen (secondary N) is 2. The van der Waals surface area contributed by atoms with Gasteiger partial charge in [0.25, 0.3) is 0 Å². The first-order valence-electron chi connectivity index (χ1n) is 6.77. The van der Waals surface area contributed by atoms with Gasteiger partial charge in [-0.2, -0.15) is 0 Å². The van der Waals surface area contributed by atoms with E-state index in [-0.39, 0.29) is 24.9 Å². The molecule has 110 valence electrons. The van der Waals surface area contributed by atoms with Crippen molar-refractivity contribution in [2.75, 3.05) is 12.8 Å². The van der Waals surface area contributed by atoms with Crippen LogP contribution in [0.1, 0.15) is 36.4 Å². The maximum atomic E-state index is 11.9. The molecule has 0 heterocycles. The summed E-state index contributed by atoms with van der Waals surface area (Å²) in [5.74, 6) is -0.122. The van der Waals surface area contributed by atoms with Crippen LogP contribution in [0.3, 0.4) is 0 Å². The number of fused-ring (bicyclic) bond motifs is 1. The minimum absolute atomic E-state index is 0.0469. The van der Waals surface area contributed by atoms with Crippen molar-refractivity contribution < 1.29 is 13.2 Å². The third-order valence-electron chi connectivity index (χ3n) is 3.42. The van der Waals surface area contributed by atoms with Crippen molar-refractivity contribution in [3.8, 4) is 0 Å². The molecule has 1 aromatic carbocycles. The summed E-state index contributed by atoms with van der Waals surface area (Å²) in [6.45, 7) is 0.138. The smallest absolute Gasteiger partial charge is 0.221 e. The molecule has 2 N–H and O–H groups in total. The highest BCUT2D eigenvalue weighted by molar-refractivity contribution is 7.88. The second kappa shape index (κ2) is 6.37. The average molecular weight is 296 g/mol. The molecule has 0 aliphatic heterocycles. The Hall–Kier alpha value is -1.40. The molecule has 1 unspecified atom stereocenters. The molecule has 1 amide bonds. The molecule has 2 rings (SSSR count). The molecule has 0 radical (unpaired) electrons. The van der Waals surface area contributed by atoms with Crippen molar-refractivity contribution in [3.05, 3.63) is 35.4 Å². The van der Waals surface area contributed by atoms with Crippen LogP contribution in [0.2, 0.25) is 0 Å². The SMILES string of the molecule is CS(=O)(=O)NCCC(=O)NC1CCCc2ccccc21. The van der Waals surface area contributed by atoms with Crippen LogP contribution >= 0.6 is 0 Å². The third kappa shape index (κ3) is 4.31. The van der Waals surface area contributed by atoms with Gasteiger partial charge in [-0.25, -0.2) is 13.1 Å². The zero-order valence-electron chi connectivity index (χ0n) is 11.6. The molecule has 0 bridgehead atoms. The fraction of sp³-hybridized carbons (Fsp3) is 0.500. The van der Waals surface area contributed by atoms with Crippen molar-refractivity contribution in [2.24, 2.45) is 0 Å². The Balaban J connectivity index is 1.89. The van der Waals surface area contributed by atoms with Gasteiger partial charge in [0.1, 0.15) is 0 Å². The number of hydrogen-bond donors (Lipinski definition) is 2. The predicted octanol–water partition coefficient (Wildman–Crippen LogP) is 1.12.